The summed E-state index contributed by atoms with van der Waals surface area (Å²) < 4.78 is 26.5. The van der Waals surface area contributed by atoms with Gasteiger partial charge in [0.2, 0.25) is 10.0 Å². The van der Waals surface area contributed by atoms with Gasteiger partial charge >= 0.3 is 0 Å². The second-order valence-electron chi connectivity index (χ2n) is 4.99. The summed E-state index contributed by atoms with van der Waals surface area (Å²) in [6, 6.07) is 8.05. The van der Waals surface area contributed by atoms with Gasteiger partial charge in [-0.05, 0) is 17.5 Å². The molecule has 1 rings (SSSR count). The van der Waals surface area contributed by atoms with Crippen molar-refractivity contribution >= 4 is 10.0 Å². The average Bonchev–Trinajstić information content (AvgIpc) is 2.26. The number of nitrogens with zero attached hydrogens (tertiary/aromatic N) is 1. The summed E-state index contributed by atoms with van der Waals surface area (Å²) in [5, 5.41) is 8.87. The molecule has 1 aromatic carbocycles. The van der Waals surface area contributed by atoms with Gasteiger partial charge in [0, 0.05) is 6.54 Å². The minimum absolute atomic E-state index is 0.0340. The number of sulfonamides is 1. The third kappa shape index (κ3) is 3.84. The SMILES string of the molecule is CC(C)(C)CNS(=O)(=O)c1ccccc1C#N. The van der Waals surface area contributed by atoms with Gasteiger partial charge in [-0.3, -0.25) is 0 Å². The van der Waals surface area contributed by atoms with Crippen molar-refractivity contribution in [3.63, 3.8) is 0 Å². The summed E-state index contributed by atoms with van der Waals surface area (Å²) in [5.74, 6) is 0. The molecule has 17 heavy (non-hydrogen) atoms. The fourth-order valence-corrected chi connectivity index (χ4v) is 2.62. The molecule has 0 saturated carbocycles. The largest absolute Gasteiger partial charge is 0.241 e. The zero-order chi connectivity index (χ0) is 13.1. The Morgan fingerprint density at radius 1 is 1.29 bits per heavy atom. The van der Waals surface area contributed by atoms with Gasteiger partial charge in [-0.15, -0.1) is 0 Å². The van der Waals surface area contributed by atoms with Gasteiger partial charge in [0.05, 0.1) is 10.5 Å². The van der Waals surface area contributed by atoms with Crippen LogP contribution in [0.4, 0.5) is 0 Å². The smallest absolute Gasteiger partial charge is 0.211 e. The van der Waals surface area contributed by atoms with E-state index in [1.165, 1.54) is 12.1 Å². The van der Waals surface area contributed by atoms with Gasteiger partial charge in [-0.25, -0.2) is 13.1 Å². The maximum Gasteiger partial charge on any atom is 0.241 e. The Morgan fingerprint density at radius 2 is 1.88 bits per heavy atom. The molecule has 0 fully saturated rings. The predicted molar refractivity (Wildman–Crippen MR) is 65.8 cm³/mol. The highest BCUT2D eigenvalue weighted by Crippen LogP contribution is 2.16. The fourth-order valence-electron chi connectivity index (χ4n) is 1.18. The Bertz CT molecular complexity index is 536. The first-order valence-corrected chi connectivity index (χ1v) is 6.73. The van der Waals surface area contributed by atoms with Crippen molar-refractivity contribution in [2.75, 3.05) is 6.54 Å². The summed E-state index contributed by atoms with van der Waals surface area (Å²) in [4.78, 5) is 0.0340. The number of rotatable bonds is 3. The zero-order valence-electron chi connectivity index (χ0n) is 10.2. The van der Waals surface area contributed by atoms with Gasteiger partial charge in [0.1, 0.15) is 6.07 Å². The first kappa shape index (κ1) is 13.7. The third-order valence-corrected chi connectivity index (χ3v) is 3.55. The number of hydrogen-bond donors (Lipinski definition) is 1. The summed E-state index contributed by atoms with van der Waals surface area (Å²) in [6.45, 7) is 6.14. The summed E-state index contributed by atoms with van der Waals surface area (Å²) in [5.41, 5.74) is 0.0168. The molecular weight excluding hydrogens is 236 g/mol. The highest BCUT2D eigenvalue weighted by atomic mass is 32.2. The van der Waals surface area contributed by atoms with Gasteiger partial charge in [-0.1, -0.05) is 32.9 Å². The molecule has 0 aliphatic heterocycles. The molecular formula is C12H16N2O2S. The van der Waals surface area contributed by atoms with Gasteiger partial charge in [-0.2, -0.15) is 5.26 Å². The number of benzene rings is 1. The molecule has 92 valence electrons. The van der Waals surface area contributed by atoms with E-state index < -0.39 is 10.0 Å². The van der Waals surface area contributed by atoms with Crippen LogP contribution in [-0.2, 0) is 10.0 Å². The Morgan fingerprint density at radius 3 is 2.41 bits per heavy atom. The highest BCUT2D eigenvalue weighted by molar-refractivity contribution is 7.89. The number of nitrogens with one attached hydrogen (secondary N) is 1. The lowest BCUT2D eigenvalue weighted by molar-refractivity contribution is 0.407. The van der Waals surface area contributed by atoms with E-state index in [4.69, 9.17) is 5.26 Å². The van der Waals surface area contributed by atoms with Gasteiger partial charge in [0.15, 0.2) is 0 Å². The van der Waals surface area contributed by atoms with Crippen LogP contribution in [0.15, 0.2) is 29.2 Å². The van der Waals surface area contributed by atoms with Crippen molar-refractivity contribution in [1.29, 1.82) is 5.26 Å². The molecule has 0 aromatic heterocycles. The van der Waals surface area contributed by atoms with Gasteiger partial charge in [0.25, 0.3) is 0 Å². The molecule has 0 unspecified atom stereocenters. The van der Waals surface area contributed by atoms with Gasteiger partial charge < -0.3 is 0 Å². The normalized spacial score (nSPS) is 12.1. The van der Waals surface area contributed by atoms with E-state index in [9.17, 15) is 8.42 Å². The van der Waals surface area contributed by atoms with E-state index in [1.807, 2.05) is 26.8 Å². The van der Waals surface area contributed by atoms with Crippen LogP contribution < -0.4 is 4.72 Å². The zero-order valence-corrected chi connectivity index (χ0v) is 11.0. The molecule has 0 bridgehead atoms. The van der Waals surface area contributed by atoms with Crippen molar-refractivity contribution < 1.29 is 8.42 Å². The van der Waals surface area contributed by atoms with Crippen molar-refractivity contribution in [1.82, 2.24) is 4.72 Å². The molecule has 0 saturated heterocycles. The molecule has 5 heteroatoms. The van der Waals surface area contributed by atoms with Crippen LogP contribution in [0, 0.1) is 16.7 Å². The summed E-state index contributed by atoms with van der Waals surface area (Å²) in [6.07, 6.45) is 0. The molecule has 1 N–H and O–H groups in total. The van der Waals surface area contributed by atoms with Crippen molar-refractivity contribution in [2.24, 2.45) is 5.41 Å². The van der Waals surface area contributed by atoms with E-state index in [-0.39, 0.29) is 15.9 Å². The minimum atomic E-state index is -3.61. The van der Waals surface area contributed by atoms with E-state index in [2.05, 4.69) is 4.72 Å². The Balaban J connectivity index is 3.03. The maximum absolute atomic E-state index is 12.0. The van der Waals surface area contributed by atoms with Crippen LogP contribution in [0.2, 0.25) is 0 Å². The van der Waals surface area contributed by atoms with Crippen molar-refractivity contribution in [2.45, 2.75) is 25.7 Å². The van der Waals surface area contributed by atoms with Crippen molar-refractivity contribution in [3.05, 3.63) is 29.8 Å². The molecule has 0 spiro atoms. The quantitative estimate of drug-likeness (QED) is 0.893. The van der Waals surface area contributed by atoms with Crippen LogP contribution in [-0.4, -0.2) is 15.0 Å². The summed E-state index contributed by atoms with van der Waals surface area (Å²) >= 11 is 0. The van der Waals surface area contributed by atoms with Crippen molar-refractivity contribution in [3.8, 4) is 6.07 Å². The maximum atomic E-state index is 12.0. The minimum Gasteiger partial charge on any atom is -0.211 e. The first-order chi connectivity index (χ1) is 7.76. The monoisotopic (exact) mass is 252 g/mol. The molecule has 0 aliphatic rings. The molecule has 0 aliphatic carbocycles. The van der Waals surface area contributed by atoms with Crippen LogP contribution in [0.5, 0.6) is 0 Å². The molecule has 4 nitrogen and oxygen atoms in total. The third-order valence-electron chi connectivity index (χ3n) is 2.09. The Kier molecular flexibility index (Phi) is 3.91. The van der Waals surface area contributed by atoms with Crippen LogP contribution in [0.3, 0.4) is 0 Å². The second-order valence-corrected chi connectivity index (χ2v) is 6.73. The van der Waals surface area contributed by atoms with E-state index in [0.29, 0.717) is 6.54 Å². The molecule has 0 atom stereocenters. The average molecular weight is 252 g/mol. The Hall–Kier alpha value is -1.38. The number of hydrogen-bond acceptors (Lipinski definition) is 3. The van der Waals surface area contributed by atoms with E-state index >= 15 is 0 Å². The molecule has 0 amide bonds. The molecule has 1 aromatic rings. The molecule has 0 heterocycles. The van der Waals surface area contributed by atoms with Crippen LogP contribution >= 0.6 is 0 Å². The standard InChI is InChI=1S/C12H16N2O2S/c1-12(2,3)9-14-17(15,16)11-7-5-4-6-10(11)8-13/h4-7,14H,9H2,1-3H3. The van der Waals surface area contributed by atoms with Crippen LogP contribution in [0.25, 0.3) is 0 Å². The lowest BCUT2D eigenvalue weighted by Gasteiger charge is -2.18. The summed E-state index contributed by atoms with van der Waals surface area (Å²) in [7, 11) is -3.61. The second kappa shape index (κ2) is 4.86. The highest BCUT2D eigenvalue weighted by Gasteiger charge is 2.20. The van der Waals surface area contributed by atoms with E-state index in [1.54, 1.807) is 12.1 Å². The number of nitriles is 1. The lowest BCUT2D eigenvalue weighted by atomic mass is 9.98. The van der Waals surface area contributed by atoms with Crippen LogP contribution in [0.1, 0.15) is 26.3 Å². The topological polar surface area (TPSA) is 70.0 Å². The fraction of sp³-hybridized carbons (Fsp3) is 0.417. The first-order valence-electron chi connectivity index (χ1n) is 5.25. The Labute approximate surface area is 102 Å². The lowest BCUT2D eigenvalue weighted by Crippen LogP contribution is -2.32. The molecule has 0 radical (unpaired) electrons. The van der Waals surface area contributed by atoms with E-state index in [0.717, 1.165) is 0 Å². The predicted octanol–water partition coefficient (Wildman–Crippen LogP) is 1.88.